The van der Waals surface area contributed by atoms with E-state index in [9.17, 15) is 9.18 Å². The van der Waals surface area contributed by atoms with Gasteiger partial charge in [0, 0.05) is 34.8 Å². The van der Waals surface area contributed by atoms with Gasteiger partial charge in [-0.15, -0.1) is 0 Å². The van der Waals surface area contributed by atoms with Crippen LogP contribution in [0.4, 0.5) is 10.2 Å². The molecule has 4 heteroatoms. The van der Waals surface area contributed by atoms with Crippen molar-refractivity contribution < 1.29 is 9.18 Å². The number of pyridine rings is 1. The van der Waals surface area contributed by atoms with E-state index >= 15 is 0 Å². The third-order valence-corrected chi connectivity index (χ3v) is 4.60. The van der Waals surface area contributed by atoms with E-state index < -0.39 is 5.82 Å². The lowest BCUT2D eigenvalue weighted by Gasteiger charge is -2.10. The molecular weight excluding hydrogens is 267 g/mol. The molecule has 0 radical (unpaired) electrons. The molecule has 4 rings (SSSR count). The number of fused-ring (bicyclic) bond motifs is 2. The number of rotatable bonds is 2. The third-order valence-electron chi connectivity index (χ3n) is 4.60. The molecule has 0 bridgehead atoms. The van der Waals surface area contributed by atoms with Crippen molar-refractivity contribution in [2.45, 2.75) is 25.2 Å². The van der Waals surface area contributed by atoms with E-state index in [-0.39, 0.29) is 16.8 Å². The summed E-state index contributed by atoms with van der Waals surface area (Å²) in [5, 5.41) is 3.32. The van der Waals surface area contributed by atoms with Crippen LogP contribution in [0.15, 0.2) is 30.5 Å². The molecule has 0 saturated heterocycles. The first kappa shape index (κ1) is 12.5. The van der Waals surface area contributed by atoms with Crippen LogP contribution >= 0.6 is 0 Å². The molecule has 1 saturated carbocycles. The highest BCUT2D eigenvalue weighted by Gasteiger charge is 2.49. The number of nitrogens with one attached hydrogen (secondary N) is 1. The van der Waals surface area contributed by atoms with E-state index in [0.29, 0.717) is 5.56 Å². The summed E-state index contributed by atoms with van der Waals surface area (Å²) in [7, 11) is 0. The zero-order chi connectivity index (χ0) is 14.6. The van der Waals surface area contributed by atoms with E-state index in [2.05, 4.69) is 10.3 Å². The lowest BCUT2D eigenvalue weighted by atomic mass is 9.95. The van der Waals surface area contributed by atoms with Gasteiger partial charge in [-0.3, -0.25) is 4.79 Å². The Bertz CT molecular complexity index is 765. The van der Waals surface area contributed by atoms with Gasteiger partial charge in [-0.1, -0.05) is 12.1 Å². The summed E-state index contributed by atoms with van der Waals surface area (Å²) >= 11 is 0. The molecule has 2 heterocycles. The minimum Gasteiger partial charge on any atom is -0.369 e. The molecule has 0 unspecified atom stereocenters. The lowest BCUT2D eigenvalue weighted by Crippen LogP contribution is -2.08. The molecular formula is C17H15FN2O. The van der Waals surface area contributed by atoms with Crippen molar-refractivity contribution in [3.63, 3.8) is 0 Å². The van der Waals surface area contributed by atoms with E-state index in [4.69, 9.17) is 0 Å². The van der Waals surface area contributed by atoms with E-state index in [1.807, 2.05) is 6.07 Å². The second kappa shape index (κ2) is 4.13. The maximum absolute atomic E-state index is 14.5. The Hall–Kier alpha value is -2.23. The predicted octanol–water partition coefficient (Wildman–Crippen LogP) is 3.55. The van der Waals surface area contributed by atoms with Gasteiger partial charge in [0.15, 0.2) is 5.78 Å². The average molecular weight is 282 g/mol. The van der Waals surface area contributed by atoms with Crippen LogP contribution in [0.5, 0.6) is 0 Å². The SMILES string of the molecule is CC(=O)c1cccc(-c2cnc3c(c2)C2(CC2)CN3)c1F. The van der Waals surface area contributed by atoms with Crippen LogP contribution in [-0.4, -0.2) is 17.3 Å². The Labute approximate surface area is 122 Å². The molecule has 1 spiro atoms. The monoisotopic (exact) mass is 282 g/mol. The van der Waals surface area contributed by atoms with Gasteiger partial charge in [0.05, 0.1) is 5.56 Å². The molecule has 0 amide bonds. The molecule has 106 valence electrons. The smallest absolute Gasteiger partial charge is 0.162 e. The Morgan fingerprint density at radius 3 is 2.90 bits per heavy atom. The standard InChI is InChI=1S/C17H15FN2O/c1-10(21)12-3-2-4-13(15(12)18)11-7-14-16(19-8-11)20-9-17(14)5-6-17/h2-4,7-8H,5-6,9H2,1H3,(H,19,20). The molecule has 1 N–H and O–H groups in total. The first-order valence-electron chi connectivity index (χ1n) is 7.15. The quantitative estimate of drug-likeness (QED) is 0.856. The van der Waals surface area contributed by atoms with E-state index in [1.54, 1.807) is 18.3 Å². The third kappa shape index (κ3) is 1.78. The summed E-state index contributed by atoms with van der Waals surface area (Å²) in [6.07, 6.45) is 4.00. The molecule has 1 aromatic heterocycles. The Balaban J connectivity index is 1.85. The number of carbonyl (C=O) groups excluding carboxylic acids is 1. The van der Waals surface area contributed by atoms with Crippen LogP contribution in [0.25, 0.3) is 11.1 Å². The summed E-state index contributed by atoms with van der Waals surface area (Å²) in [5.74, 6) is 0.200. The second-order valence-corrected chi connectivity index (χ2v) is 5.98. The number of Topliss-reactive ketones (excluding diaryl/α,β-unsaturated/α-hetero) is 1. The molecule has 2 aliphatic rings. The fourth-order valence-corrected chi connectivity index (χ4v) is 3.13. The van der Waals surface area contributed by atoms with E-state index in [1.165, 1.54) is 18.6 Å². The minimum atomic E-state index is -0.456. The van der Waals surface area contributed by atoms with Gasteiger partial charge >= 0.3 is 0 Å². The van der Waals surface area contributed by atoms with Crippen molar-refractivity contribution in [1.82, 2.24) is 4.98 Å². The fraction of sp³-hybridized carbons (Fsp3) is 0.294. The average Bonchev–Trinajstić information content (AvgIpc) is 3.17. The topological polar surface area (TPSA) is 42.0 Å². The predicted molar refractivity (Wildman–Crippen MR) is 79.0 cm³/mol. The zero-order valence-electron chi connectivity index (χ0n) is 11.7. The first-order valence-corrected chi connectivity index (χ1v) is 7.15. The van der Waals surface area contributed by atoms with E-state index in [0.717, 1.165) is 30.8 Å². The number of ketones is 1. The van der Waals surface area contributed by atoms with Crippen LogP contribution in [0.2, 0.25) is 0 Å². The highest BCUT2D eigenvalue weighted by atomic mass is 19.1. The molecule has 1 aliphatic heterocycles. The summed E-state index contributed by atoms with van der Waals surface area (Å²) in [4.78, 5) is 15.9. The number of aromatic nitrogens is 1. The number of halogens is 1. The zero-order valence-corrected chi connectivity index (χ0v) is 11.7. The normalized spacial score (nSPS) is 17.4. The highest BCUT2D eigenvalue weighted by Crippen LogP contribution is 2.54. The molecule has 21 heavy (non-hydrogen) atoms. The van der Waals surface area contributed by atoms with Gasteiger partial charge in [-0.05, 0) is 31.9 Å². The first-order chi connectivity index (χ1) is 10.1. The molecule has 3 nitrogen and oxygen atoms in total. The van der Waals surface area contributed by atoms with Crippen molar-refractivity contribution >= 4 is 11.6 Å². The van der Waals surface area contributed by atoms with Gasteiger partial charge in [0.25, 0.3) is 0 Å². The Morgan fingerprint density at radius 1 is 1.38 bits per heavy atom. The number of benzene rings is 1. The number of hydrogen-bond donors (Lipinski definition) is 1. The van der Waals surface area contributed by atoms with Gasteiger partial charge in [0.2, 0.25) is 0 Å². The highest BCUT2D eigenvalue weighted by molar-refractivity contribution is 5.95. The minimum absolute atomic E-state index is 0.132. The largest absolute Gasteiger partial charge is 0.369 e. The maximum Gasteiger partial charge on any atom is 0.162 e. The van der Waals surface area contributed by atoms with Crippen LogP contribution in [0, 0.1) is 5.82 Å². The van der Waals surface area contributed by atoms with Crippen molar-refractivity contribution in [2.75, 3.05) is 11.9 Å². The number of anilines is 1. The lowest BCUT2D eigenvalue weighted by molar-refractivity contribution is 0.101. The molecule has 1 aliphatic carbocycles. The maximum atomic E-state index is 14.5. The summed E-state index contributed by atoms with van der Waals surface area (Å²) < 4.78 is 14.5. The summed E-state index contributed by atoms with van der Waals surface area (Å²) in [5.41, 5.74) is 2.72. The van der Waals surface area contributed by atoms with Gasteiger partial charge in [0.1, 0.15) is 11.6 Å². The molecule has 1 fully saturated rings. The van der Waals surface area contributed by atoms with Crippen LogP contribution < -0.4 is 5.32 Å². The van der Waals surface area contributed by atoms with Crippen LogP contribution in [0.3, 0.4) is 0 Å². The summed E-state index contributed by atoms with van der Waals surface area (Å²) in [6.45, 7) is 2.31. The number of carbonyl (C=O) groups is 1. The van der Waals surface area contributed by atoms with Crippen molar-refractivity contribution in [1.29, 1.82) is 0 Å². The molecule has 0 atom stereocenters. The van der Waals surface area contributed by atoms with Gasteiger partial charge < -0.3 is 5.32 Å². The number of nitrogens with zero attached hydrogens (tertiary/aromatic N) is 1. The fourth-order valence-electron chi connectivity index (χ4n) is 3.13. The van der Waals surface area contributed by atoms with Gasteiger partial charge in [-0.2, -0.15) is 0 Å². The van der Waals surface area contributed by atoms with Crippen LogP contribution in [-0.2, 0) is 5.41 Å². The summed E-state index contributed by atoms with van der Waals surface area (Å²) in [6, 6.07) is 6.96. The van der Waals surface area contributed by atoms with Crippen LogP contribution in [0.1, 0.15) is 35.7 Å². The van der Waals surface area contributed by atoms with Gasteiger partial charge in [-0.25, -0.2) is 9.37 Å². The van der Waals surface area contributed by atoms with Crippen molar-refractivity contribution in [3.05, 3.63) is 47.4 Å². The number of hydrogen-bond acceptors (Lipinski definition) is 3. The molecule has 2 aromatic rings. The Kier molecular flexibility index (Phi) is 2.46. The van der Waals surface area contributed by atoms with Crippen molar-refractivity contribution in [3.8, 4) is 11.1 Å². The second-order valence-electron chi connectivity index (χ2n) is 5.98. The Morgan fingerprint density at radius 2 is 2.19 bits per heavy atom. The van der Waals surface area contributed by atoms with Crippen molar-refractivity contribution in [2.24, 2.45) is 0 Å². The molecule has 1 aromatic carbocycles.